The molecule has 0 aliphatic carbocycles. The number of benzene rings is 2. The molecule has 3 atom stereocenters. The third-order valence-electron chi connectivity index (χ3n) is 4.30. The average Bonchev–Trinajstić information content (AvgIpc) is 2.69. The summed E-state index contributed by atoms with van der Waals surface area (Å²) < 4.78 is 22.7. The molecule has 0 spiro atoms. The number of aliphatic hydroxyl groups excluding tert-OH is 1. The van der Waals surface area contributed by atoms with E-state index in [0.717, 1.165) is 16.9 Å². The summed E-state index contributed by atoms with van der Waals surface area (Å²) in [6, 6.07) is 17.6. The number of methoxy groups -OCH3 is 1. The second kappa shape index (κ2) is 8.97. The molecule has 0 radical (unpaired) electrons. The summed E-state index contributed by atoms with van der Waals surface area (Å²) in [4.78, 5) is 0. The fraction of sp³-hybridized carbons (Fsp3) is 0.400. The second-order valence-electron chi connectivity index (χ2n) is 6.06. The molecule has 0 aromatic heterocycles. The van der Waals surface area contributed by atoms with Crippen molar-refractivity contribution in [3.63, 3.8) is 0 Å². The van der Waals surface area contributed by atoms with Crippen molar-refractivity contribution in [2.24, 2.45) is 5.92 Å². The molecular weight excluding hydrogens is 320 g/mol. The SMILES string of the molecule is COc1ccc(C2OC[C@H](COCc3ccccc3)[C@@H](CO)O2)cc1. The monoisotopic (exact) mass is 344 g/mol. The zero-order chi connectivity index (χ0) is 17.5. The van der Waals surface area contributed by atoms with E-state index in [9.17, 15) is 5.11 Å². The second-order valence-corrected chi connectivity index (χ2v) is 6.06. The van der Waals surface area contributed by atoms with Crippen LogP contribution in [0.4, 0.5) is 0 Å². The van der Waals surface area contributed by atoms with E-state index in [-0.39, 0.29) is 18.6 Å². The van der Waals surface area contributed by atoms with E-state index in [1.54, 1.807) is 7.11 Å². The number of aliphatic hydroxyl groups is 1. The minimum Gasteiger partial charge on any atom is -0.497 e. The predicted octanol–water partition coefficient (Wildman–Crippen LogP) is 2.93. The van der Waals surface area contributed by atoms with Crippen LogP contribution in [0, 0.1) is 5.92 Å². The van der Waals surface area contributed by atoms with Crippen molar-refractivity contribution < 1.29 is 24.1 Å². The van der Waals surface area contributed by atoms with Crippen molar-refractivity contribution >= 4 is 0 Å². The normalized spacial score (nSPS) is 23.4. The predicted molar refractivity (Wildman–Crippen MR) is 93.2 cm³/mol. The molecule has 1 aliphatic heterocycles. The van der Waals surface area contributed by atoms with Crippen LogP contribution in [-0.4, -0.2) is 38.1 Å². The quantitative estimate of drug-likeness (QED) is 0.837. The van der Waals surface area contributed by atoms with Gasteiger partial charge in [0.05, 0.1) is 39.6 Å². The fourth-order valence-corrected chi connectivity index (χ4v) is 2.81. The third kappa shape index (κ3) is 4.80. The number of ether oxygens (including phenoxy) is 4. The Morgan fingerprint density at radius 3 is 2.52 bits per heavy atom. The summed E-state index contributed by atoms with van der Waals surface area (Å²) in [5, 5.41) is 9.67. The summed E-state index contributed by atoms with van der Waals surface area (Å²) in [6.07, 6.45) is -0.787. The molecule has 1 fully saturated rings. The smallest absolute Gasteiger partial charge is 0.184 e. The van der Waals surface area contributed by atoms with E-state index in [2.05, 4.69) is 0 Å². The fourth-order valence-electron chi connectivity index (χ4n) is 2.81. The first-order chi connectivity index (χ1) is 12.3. The van der Waals surface area contributed by atoms with Gasteiger partial charge in [0.25, 0.3) is 0 Å². The van der Waals surface area contributed by atoms with Gasteiger partial charge < -0.3 is 24.1 Å². The summed E-state index contributed by atoms with van der Waals surface area (Å²) in [5.41, 5.74) is 2.03. The molecule has 134 valence electrons. The van der Waals surface area contributed by atoms with E-state index in [1.807, 2.05) is 54.6 Å². The molecule has 1 heterocycles. The maximum atomic E-state index is 9.67. The van der Waals surface area contributed by atoms with E-state index < -0.39 is 6.29 Å². The summed E-state index contributed by atoms with van der Waals surface area (Å²) >= 11 is 0. The molecule has 2 aromatic carbocycles. The average molecular weight is 344 g/mol. The Bertz CT molecular complexity index is 628. The van der Waals surface area contributed by atoms with Crippen molar-refractivity contribution in [3.05, 3.63) is 65.7 Å². The van der Waals surface area contributed by atoms with E-state index >= 15 is 0 Å². The van der Waals surface area contributed by atoms with Crippen LogP contribution >= 0.6 is 0 Å². The van der Waals surface area contributed by atoms with Gasteiger partial charge >= 0.3 is 0 Å². The van der Waals surface area contributed by atoms with Crippen molar-refractivity contribution in [1.82, 2.24) is 0 Å². The van der Waals surface area contributed by atoms with Crippen molar-refractivity contribution in [2.75, 3.05) is 26.9 Å². The molecule has 1 aliphatic rings. The van der Waals surface area contributed by atoms with Gasteiger partial charge in [0, 0.05) is 11.5 Å². The van der Waals surface area contributed by atoms with Gasteiger partial charge in [0.2, 0.25) is 0 Å². The van der Waals surface area contributed by atoms with Crippen LogP contribution in [0.3, 0.4) is 0 Å². The molecule has 1 saturated heterocycles. The Morgan fingerprint density at radius 1 is 1.08 bits per heavy atom. The van der Waals surface area contributed by atoms with Gasteiger partial charge in [-0.2, -0.15) is 0 Å². The first-order valence-electron chi connectivity index (χ1n) is 8.43. The molecule has 1 N–H and O–H groups in total. The van der Waals surface area contributed by atoms with Crippen LogP contribution < -0.4 is 4.74 Å². The minimum atomic E-state index is -0.478. The number of rotatable bonds is 7. The van der Waals surface area contributed by atoms with Gasteiger partial charge in [0.1, 0.15) is 5.75 Å². The highest BCUT2D eigenvalue weighted by atomic mass is 16.7. The van der Waals surface area contributed by atoms with Crippen LogP contribution in [0.5, 0.6) is 5.75 Å². The van der Waals surface area contributed by atoms with Crippen LogP contribution in [-0.2, 0) is 20.8 Å². The van der Waals surface area contributed by atoms with Gasteiger partial charge in [-0.3, -0.25) is 0 Å². The Morgan fingerprint density at radius 2 is 1.84 bits per heavy atom. The van der Waals surface area contributed by atoms with Crippen LogP contribution in [0.25, 0.3) is 0 Å². The first-order valence-corrected chi connectivity index (χ1v) is 8.43. The zero-order valence-corrected chi connectivity index (χ0v) is 14.3. The minimum absolute atomic E-state index is 0.00297. The molecule has 2 aromatic rings. The molecule has 1 unspecified atom stereocenters. The van der Waals surface area contributed by atoms with Gasteiger partial charge in [-0.1, -0.05) is 42.5 Å². The molecule has 0 saturated carbocycles. The number of hydrogen-bond donors (Lipinski definition) is 1. The Labute approximate surface area is 148 Å². The van der Waals surface area contributed by atoms with Crippen LogP contribution in [0.2, 0.25) is 0 Å². The standard InChI is InChI=1S/C20H24O5/c1-22-18-9-7-16(8-10-18)20-24-14-17(19(11-21)25-20)13-23-12-15-5-3-2-4-6-15/h2-10,17,19-21H,11-14H2,1H3/t17-,19+,20?/m0/s1. The summed E-state index contributed by atoms with van der Waals surface area (Å²) in [5.74, 6) is 0.786. The summed E-state index contributed by atoms with van der Waals surface area (Å²) in [6.45, 7) is 1.44. The van der Waals surface area contributed by atoms with Crippen molar-refractivity contribution in [1.29, 1.82) is 0 Å². The third-order valence-corrected chi connectivity index (χ3v) is 4.30. The molecule has 25 heavy (non-hydrogen) atoms. The topological polar surface area (TPSA) is 57.2 Å². The highest BCUT2D eigenvalue weighted by Gasteiger charge is 2.32. The van der Waals surface area contributed by atoms with Gasteiger partial charge in [-0.05, 0) is 17.7 Å². The molecular formula is C20H24O5. The maximum Gasteiger partial charge on any atom is 0.184 e. The summed E-state index contributed by atoms with van der Waals surface area (Å²) in [7, 11) is 1.63. The van der Waals surface area contributed by atoms with Crippen molar-refractivity contribution in [2.45, 2.75) is 19.0 Å². The van der Waals surface area contributed by atoms with Gasteiger partial charge in [-0.25, -0.2) is 0 Å². The number of hydrogen-bond acceptors (Lipinski definition) is 5. The van der Waals surface area contributed by atoms with Crippen LogP contribution in [0.1, 0.15) is 17.4 Å². The lowest BCUT2D eigenvalue weighted by molar-refractivity contribution is -0.255. The zero-order valence-electron chi connectivity index (χ0n) is 14.3. The largest absolute Gasteiger partial charge is 0.497 e. The molecule has 3 rings (SSSR count). The molecule has 5 heteroatoms. The highest BCUT2D eigenvalue weighted by Crippen LogP contribution is 2.30. The maximum absolute atomic E-state index is 9.67. The molecule has 0 amide bonds. The highest BCUT2D eigenvalue weighted by molar-refractivity contribution is 5.28. The van der Waals surface area contributed by atoms with E-state index in [4.69, 9.17) is 18.9 Å². The van der Waals surface area contributed by atoms with Gasteiger partial charge in [-0.15, -0.1) is 0 Å². The lowest BCUT2D eigenvalue weighted by atomic mass is 10.0. The Balaban J connectivity index is 1.52. The van der Waals surface area contributed by atoms with Crippen LogP contribution in [0.15, 0.2) is 54.6 Å². The van der Waals surface area contributed by atoms with Gasteiger partial charge in [0.15, 0.2) is 6.29 Å². The lowest BCUT2D eigenvalue weighted by Crippen LogP contribution is -2.40. The lowest BCUT2D eigenvalue weighted by Gasteiger charge is -2.35. The molecule has 5 nitrogen and oxygen atoms in total. The van der Waals surface area contributed by atoms with Crippen molar-refractivity contribution in [3.8, 4) is 5.75 Å². The van der Waals surface area contributed by atoms with E-state index in [1.165, 1.54) is 0 Å². The Hall–Kier alpha value is -1.92. The molecule has 0 bridgehead atoms. The first kappa shape index (κ1) is 17.9. The Kier molecular flexibility index (Phi) is 6.42. The van der Waals surface area contributed by atoms with E-state index in [0.29, 0.717) is 19.8 Å².